The standard InChI is InChI=1S/C9H6Cl2FN3/c10-4-7-5-15(14-13-7)9-3-6(11)1-2-8(9)12/h1-3,5H,4H2. The highest BCUT2D eigenvalue weighted by molar-refractivity contribution is 6.30. The first-order chi connectivity index (χ1) is 7.20. The zero-order chi connectivity index (χ0) is 10.8. The molecule has 0 aliphatic heterocycles. The molecule has 0 aliphatic carbocycles. The van der Waals surface area contributed by atoms with E-state index in [1.807, 2.05) is 0 Å². The van der Waals surface area contributed by atoms with Gasteiger partial charge in [-0.25, -0.2) is 9.07 Å². The lowest BCUT2D eigenvalue weighted by molar-refractivity contribution is 0.607. The number of alkyl halides is 1. The number of hydrogen-bond donors (Lipinski definition) is 0. The van der Waals surface area contributed by atoms with Crippen molar-refractivity contribution in [3.63, 3.8) is 0 Å². The smallest absolute Gasteiger partial charge is 0.149 e. The Morgan fingerprint density at radius 3 is 2.87 bits per heavy atom. The van der Waals surface area contributed by atoms with E-state index in [1.165, 1.54) is 22.9 Å². The Morgan fingerprint density at radius 1 is 1.40 bits per heavy atom. The highest BCUT2D eigenvalue weighted by atomic mass is 35.5. The number of benzene rings is 1. The molecule has 0 bridgehead atoms. The van der Waals surface area contributed by atoms with Gasteiger partial charge in [-0.1, -0.05) is 16.8 Å². The number of halogens is 3. The molecular formula is C9H6Cl2FN3. The Labute approximate surface area is 95.4 Å². The SMILES string of the molecule is Fc1ccc(Cl)cc1-n1cc(CCl)nn1. The third kappa shape index (κ3) is 2.11. The van der Waals surface area contributed by atoms with Crippen molar-refractivity contribution in [2.75, 3.05) is 0 Å². The van der Waals surface area contributed by atoms with Gasteiger partial charge in [-0.05, 0) is 18.2 Å². The summed E-state index contributed by atoms with van der Waals surface area (Å²) >= 11 is 11.3. The fraction of sp³-hybridized carbons (Fsp3) is 0.111. The lowest BCUT2D eigenvalue weighted by Crippen LogP contribution is -1.98. The van der Waals surface area contributed by atoms with E-state index in [2.05, 4.69) is 10.3 Å². The van der Waals surface area contributed by atoms with Crippen molar-refractivity contribution in [1.82, 2.24) is 15.0 Å². The van der Waals surface area contributed by atoms with Gasteiger partial charge in [0.2, 0.25) is 0 Å². The highest BCUT2D eigenvalue weighted by Gasteiger charge is 2.07. The van der Waals surface area contributed by atoms with E-state index in [0.29, 0.717) is 10.7 Å². The zero-order valence-electron chi connectivity index (χ0n) is 7.49. The Hall–Kier alpha value is -1.13. The zero-order valence-corrected chi connectivity index (χ0v) is 9.00. The van der Waals surface area contributed by atoms with Gasteiger partial charge in [0, 0.05) is 5.02 Å². The molecule has 0 fully saturated rings. The molecule has 0 aliphatic rings. The molecule has 0 saturated carbocycles. The van der Waals surface area contributed by atoms with Crippen LogP contribution in [0.5, 0.6) is 0 Å². The van der Waals surface area contributed by atoms with Crippen molar-refractivity contribution in [2.24, 2.45) is 0 Å². The molecule has 3 nitrogen and oxygen atoms in total. The predicted octanol–water partition coefficient (Wildman–Crippen LogP) is 2.80. The third-order valence-corrected chi connectivity index (χ3v) is 2.34. The van der Waals surface area contributed by atoms with Gasteiger partial charge in [0.25, 0.3) is 0 Å². The summed E-state index contributed by atoms with van der Waals surface area (Å²) in [5.41, 5.74) is 0.836. The summed E-state index contributed by atoms with van der Waals surface area (Å²) in [5, 5.41) is 7.94. The van der Waals surface area contributed by atoms with E-state index in [4.69, 9.17) is 23.2 Å². The largest absolute Gasteiger partial charge is 0.217 e. The second kappa shape index (κ2) is 4.16. The minimum Gasteiger partial charge on any atom is -0.217 e. The molecule has 2 aromatic rings. The van der Waals surface area contributed by atoms with Crippen LogP contribution in [0.1, 0.15) is 5.69 Å². The second-order valence-electron chi connectivity index (χ2n) is 2.88. The quantitative estimate of drug-likeness (QED) is 0.763. The summed E-state index contributed by atoms with van der Waals surface area (Å²) in [7, 11) is 0. The summed E-state index contributed by atoms with van der Waals surface area (Å²) < 4.78 is 14.7. The summed E-state index contributed by atoms with van der Waals surface area (Å²) in [6.45, 7) is 0. The summed E-state index contributed by atoms with van der Waals surface area (Å²) in [6, 6.07) is 4.23. The van der Waals surface area contributed by atoms with Crippen LogP contribution in [0.2, 0.25) is 5.02 Å². The van der Waals surface area contributed by atoms with Crippen LogP contribution < -0.4 is 0 Å². The summed E-state index contributed by atoms with van der Waals surface area (Å²) in [4.78, 5) is 0. The van der Waals surface area contributed by atoms with Gasteiger partial charge in [-0.2, -0.15) is 0 Å². The van der Waals surface area contributed by atoms with Gasteiger partial charge in [-0.15, -0.1) is 16.7 Å². The third-order valence-electron chi connectivity index (χ3n) is 1.83. The molecule has 1 heterocycles. The first-order valence-electron chi connectivity index (χ1n) is 4.13. The molecule has 1 aromatic heterocycles. The van der Waals surface area contributed by atoms with Crippen molar-refractivity contribution in [2.45, 2.75) is 5.88 Å². The molecule has 2 rings (SSSR count). The Bertz CT molecular complexity index is 484. The number of nitrogens with zero attached hydrogens (tertiary/aromatic N) is 3. The first-order valence-corrected chi connectivity index (χ1v) is 5.04. The van der Waals surface area contributed by atoms with Crippen molar-refractivity contribution in [1.29, 1.82) is 0 Å². The molecule has 0 saturated heterocycles. The maximum Gasteiger partial charge on any atom is 0.149 e. The van der Waals surface area contributed by atoms with Gasteiger partial charge in [0.05, 0.1) is 17.8 Å². The van der Waals surface area contributed by atoms with Crippen molar-refractivity contribution < 1.29 is 4.39 Å². The molecule has 0 amide bonds. The normalized spacial score (nSPS) is 10.6. The van der Waals surface area contributed by atoms with E-state index in [0.717, 1.165) is 0 Å². The molecule has 1 aromatic carbocycles. The summed E-state index contributed by atoms with van der Waals surface area (Å²) in [6.07, 6.45) is 1.56. The maximum absolute atomic E-state index is 13.4. The summed E-state index contributed by atoms with van der Waals surface area (Å²) in [5.74, 6) is -0.173. The minimum absolute atomic E-state index is 0.238. The van der Waals surface area contributed by atoms with E-state index < -0.39 is 5.82 Å². The van der Waals surface area contributed by atoms with Crippen molar-refractivity contribution in [3.8, 4) is 5.69 Å². The molecule has 0 radical (unpaired) electrons. The van der Waals surface area contributed by atoms with Crippen LogP contribution in [0.4, 0.5) is 4.39 Å². The fourth-order valence-electron chi connectivity index (χ4n) is 1.14. The number of aromatic nitrogens is 3. The van der Waals surface area contributed by atoms with Gasteiger partial charge in [-0.3, -0.25) is 0 Å². The van der Waals surface area contributed by atoms with Crippen LogP contribution in [0.3, 0.4) is 0 Å². The monoisotopic (exact) mass is 245 g/mol. The van der Waals surface area contributed by atoms with Crippen LogP contribution in [0.15, 0.2) is 24.4 Å². The molecule has 78 valence electrons. The van der Waals surface area contributed by atoms with Crippen molar-refractivity contribution in [3.05, 3.63) is 40.9 Å². The Balaban J connectivity index is 2.48. The molecule has 0 unspecified atom stereocenters. The van der Waals surface area contributed by atoms with E-state index in [-0.39, 0.29) is 11.6 Å². The van der Waals surface area contributed by atoms with Gasteiger partial charge in [0.15, 0.2) is 0 Å². The van der Waals surface area contributed by atoms with Crippen LogP contribution in [-0.4, -0.2) is 15.0 Å². The first kappa shape index (κ1) is 10.4. The van der Waals surface area contributed by atoms with Gasteiger partial charge < -0.3 is 0 Å². The number of rotatable bonds is 2. The van der Waals surface area contributed by atoms with E-state index >= 15 is 0 Å². The number of hydrogen-bond acceptors (Lipinski definition) is 2. The molecule has 6 heteroatoms. The molecule has 0 atom stereocenters. The van der Waals surface area contributed by atoms with Crippen molar-refractivity contribution >= 4 is 23.2 Å². The molecule has 0 N–H and O–H groups in total. The topological polar surface area (TPSA) is 30.7 Å². The van der Waals surface area contributed by atoms with Crippen LogP contribution >= 0.6 is 23.2 Å². The second-order valence-corrected chi connectivity index (χ2v) is 3.59. The lowest BCUT2D eigenvalue weighted by atomic mass is 10.3. The predicted molar refractivity (Wildman–Crippen MR) is 55.9 cm³/mol. The Kier molecular flexibility index (Phi) is 2.88. The maximum atomic E-state index is 13.4. The van der Waals surface area contributed by atoms with Crippen LogP contribution in [0, 0.1) is 5.82 Å². The fourth-order valence-corrected chi connectivity index (χ4v) is 1.43. The van der Waals surface area contributed by atoms with E-state index in [9.17, 15) is 4.39 Å². The average Bonchev–Trinajstić information content (AvgIpc) is 2.70. The minimum atomic E-state index is -0.412. The lowest BCUT2D eigenvalue weighted by Gasteiger charge is -2.01. The Morgan fingerprint density at radius 2 is 2.20 bits per heavy atom. The highest BCUT2D eigenvalue weighted by Crippen LogP contribution is 2.18. The van der Waals surface area contributed by atoms with E-state index in [1.54, 1.807) is 6.20 Å². The molecule has 0 spiro atoms. The molecular weight excluding hydrogens is 240 g/mol. The average molecular weight is 246 g/mol. The molecule has 15 heavy (non-hydrogen) atoms. The van der Waals surface area contributed by atoms with Crippen LogP contribution in [0.25, 0.3) is 5.69 Å². The van der Waals surface area contributed by atoms with Gasteiger partial charge in [0.1, 0.15) is 11.5 Å². The van der Waals surface area contributed by atoms with Gasteiger partial charge >= 0.3 is 0 Å². The van der Waals surface area contributed by atoms with Crippen LogP contribution in [-0.2, 0) is 5.88 Å².